The number of rotatable bonds is 2. The lowest BCUT2D eigenvalue weighted by Gasteiger charge is -2.24. The number of hydrogen-bond acceptors (Lipinski definition) is 3. The Morgan fingerprint density at radius 1 is 1.29 bits per heavy atom. The Hall–Kier alpha value is -2.20. The van der Waals surface area contributed by atoms with Crippen LogP contribution in [0.3, 0.4) is 0 Å². The number of para-hydroxylation sites is 1. The van der Waals surface area contributed by atoms with E-state index in [-0.39, 0.29) is 11.9 Å². The van der Waals surface area contributed by atoms with Gasteiger partial charge in [-0.25, -0.2) is 0 Å². The number of amides is 1. The molecular weight excluding hydrogens is 262 g/mol. The molecule has 1 unspecified atom stereocenters. The Morgan fingerprint density at radius 2 is 2.10 bits per heavy atom. The highest BCUT2D eigenvalue weighted by molar-refractivity contribution is 5.95. The molecule has 0 saturated heterocycles. The fourth-order valence-electron chi connectivity index (χ4n) is 2.63. The van der Waals surface area contributed by atoms with Crippen molar-refractivity contribution >= 4 is 11.6 Å². The van der Waals surface area contributed by atoms with Crippen molar-refractivity contribution in [3.05, 3.63) is 59.9 Å². The Morgan fingerprint density at radius 3 is 2.90 bits per heavy atom. The number of carbonyl (C=O) groups excluding carboxylic acids is 1. The van der Waals surface area contributed by atoms with E-state index < -0.39 is 0 Å². The van der Waals surface area contributed by atoms with Crippen LogP contribution in [0.25, 0.3) is 0 Å². The number of hydrogen-bond donors (Lipinski definition) is 1. The summed E-state index contributed by atoms with van der Waals surface area (Å²) in [6.07, 6.45) is 2.06. The minimum atomic E-state index is 0.0942. The molecule has 3 rings (SSSR count). The fourth-order valence-corrected chi connectivity index (χ4v) is 2.63. The minimum Gasteiger partial charge on any atom is -0.310 e. The predicted molar refractivity (Wildman–Crippen MR) is 83.0 cm³/mol. The quantitative estimate of drug-likeness (QED) is 0.917. The molecule has 4 heteroatoms. The zero-order valence-electron chi connectivity index (χ0n) is 12.1. The van der Waals surface area contributed by atoms with Crippen LogP contribution in [0.1, 0.15) is 18.2 Å². The van der Waals surface area contributed by atoms with Gasteiger partial charge in [0.2, 0.25) is 5.91 Å². The van der Waals surface area contributed by atoms with Gasteiger partial charge in [-0.1, -0.05) is 24.3 Å². The van der Waals surface area contributed by atoms with E-state index in [1.54, 1.807) is 6.20 Å². The van der Waals surface area contributed by atoms with Crippen LogP contribution in [0.2, 0.25) is 0 Å². The van der Waals surface area contributed by atoms with Gasteiger partial charge in [-0.2, -0.15) is 0 Å². The first-order chi connectivity index (χ1) is 10.2. The molecule has 1 aliphatic rings. The zero-order chi connectivity index (χ0) is 14.7. The second kappa shape index (κ2) is 6.06. The molecule has 0 saturated carbocycles. The Bertz CT molecular complexity index is 627. The summed E-state index contributed by atoms with van der Waals surface area (Å²) >= 11 is 0. The van der Waals surface area contributed by atoms with E-state index in [9.17, 15) is 4.79 Å². The van der Waals surface area contributed by atoms with Gasteiger partial charge in [0, 0.05) is 36.7 Å². The number of anilines is 1. The van der Waals surface area contributed by atoms with Crippen LogP contribution >= 0.6 is 0 Å². The number of benzene rings is 1. The number of fused-ring (bicyclic) bond motifs is 1. The molecule has 0 radical (unpaired) electrons. The van der Waals surface area contributed by atoms with Gasteiger partial charge in [0.05, 0.1) is 6.42 Å². The molecule has 0 bridgehead atoms. The highest BCUT2D eigenvalue weighted by Gasteiger charge is 2.23. The van der Waals surface area contributed by atoms with Crippen molar-refractivity contribution < 1.29 is 4.79 Å². The first-order valence-corrected chi connectivity index (χ1v) is 7.25. The third-order valence-electron chi connectivity index (χ3n) is 3.74. The van der Waals surface area contributed by atoms with Crippen molar-refractivity contribution in [1.82, 2.24) is 10.3 Å². The van der Waals surface area contributed by atoms with E-state index in [0.717, 1.165) is 23.5 Å². The average molecular weight is 281 g/mol. The molecule has 0 aliphatic carbocycles. The maximum absolute atomic E-state index is 12.7. The highest BCUT2D eigenvalue weighted by Crippen LogP contribution is 2.24. The monoisotopic (exact) mass is 281 g/mol. The molecule has 0 spiro atoms. The fraction of sp³-hybridized carbons (Fsp3) is 0.294. The van der Waals surface area contributed by atoms with Crippen molar-refractivity contribution in [2.45, 2.75) is 25.9 Å². The molecule has 1 aliphatic heterocycles. The molecule has 108 valence electrons. The van der Waals surface area contributed by atoms with Gasteiger partial charge in [-0.3, -0.25) is 9.78 Å². The van der Waals surface area contributed by atoms with Crippen LogP contribution in [0.5, 0.6) is 0 Å². The van der Waals surface area contributed by atoms with E-state index in [1.165, 1.54) is 0 Å². The topological polar surface area (TPSA) is 45.2 Å². The number of pyridine rings is 1. The Balaban J connectivity index is 1.87. The van der Waals surface area contributed by atoms with E-state index in [2.05, 4.69) is 23.3 Å². The number of aromatic nitrogens is 1. The van der Waals surface area contributed by atoms with Crippen molar-refractivity contribution in [2.75, 3.05) is 11.4 Å². The summed E-state index contributed by atoms with van der Waals surface area (Å²) in [4.78, 5) is 18.8. The van der Waals surface area contributed by atoms with Crippen molar-refractivity contribution in [3.63, 3.8) is 0 Å². The first kappa shape index (κ1) is 13.8. The summed E-state index contributed by atoms with van der Waals surface area (Å²) in [6, 6.07) is 14.0. The second-order valence-electron chi connectivity index (χ2n) is 5.41. The van der Waals surface area contributed by atoms with Gasteiger partial charge >= 0.3 is 0 Å². The summed E-state index contributed by atoms with van der Waals surface area (Å²) < 4.78 is 0. The maximum atomic E-state index is 12.7. The molecule has 0 fully saturated rings. The van der Waals surface area contributed by atoms with Crippen molar-refractivity contribution in [3.8, 4) is 0 Å². The standard InChI is InChI=1S/C17H19N3O/c1-13-12-20(16-8-3-2-6-14(16)11-19-13)17(21)10-15-7-4-5-9-18-15/h2-9,13,19H,10-12H2,1H3. The third-order valence-corrected chi connectivity index (χ3v) is 3.74. The molecule has 1 aromatic heterocycles. The van der Waals surface area contributed by atoms with E-state index in [0.29, 0.717) is 13.0 Å². The number of nitrogens with zero attached hydrogens (tertiary/aromatic N) is 2. The van der Waals surface area contributed by atoms with Crippen LogP contribution in [0.15, 0.2) is 48.7 Å². The van der Waals surface area contributed by atoms with E-state index >= 15 is 0 Å². The molecule has 1 amide bonds. The average Bonchev–Trinajstić information content (AvgIpc) is 2.68. The van der Waals surface area contributed by atoms with Crippen molar-refractivity contribution in [1.29, 1.82) is 0 Å². The molecule has 4 nitrogen and oxygen atoms in total. The van der Waals surface area contributed by atoms with Crippen LogP contribution in [-0.2, 0) is 17.8 Å². The van der Waals surface area contributed by atoms with Gasteiger partial charge in [0.25, 0.3) is 0 Å². The molecule has 2 aromatic rings. The lowest BCUT2D eigenvalue weighted by Crippen LogP contribution is -2.40. The molecule has 21 heavy (non-hydrogen) atoms. The van der Waals surface area contributed by atoms with Gasteiger partial charge < -0.3 is 10.2 Å². The summed E-state index contributed by atoms with van der Waals surface area (Å²) in [6.45, 7) is 3.58. The lowest BCUT2D eigenvalue weighted by atomic mass is 10.1. The number of carbonyl (C=O) groups is 1. The van der Waals surface area contributed by atoms with Gasteiger partial charge in [-0.05, 0) is 30.7 Å². The molecule has 1 aromatic carbocycles. The van der Waals surface area contributed by atoms with Crippen LogP contribution in [-0.4, -0.2) is 23.5 Å². The largest absolute Gasteiger partial charge is 0.310 e. The lowest BCUT2D eigenvalue weighted by molar-refractivity contribution is -0.118. The molecular formula is C17H19N3O. The normalized spacial score (nSPS) is 18.0. The van der Waals surface area contributed by atoms with Gasteiger partial charge in [0.15, 0.2) is 0 Å². The molecule has 2 heterocycles. The third kappa shape index (κ3) is 3.11. The molecule has 1 atom stereocenters. The SMILES string of the molecule is CC1CN(C(=O)Cc2ccccn2)c2ccccc2CN1. The maximum Gasteiger partial charge on any atom is 0.233 e. The second-order valence-corrected chi connectivity index (χ2v) is 5.41. The van der Waals surface area contributed by atoms with Crippen LogP contribution in [0.4, 0.5) is 5.69 Å². The van der Waals surface area contributed by atoms with Gasteiger partial charge in [0.1, 0.15) is 0 Å². The van der Waals surface area contributed by atoms with Crippen molar-refractivity contribution in [2.24, 2.45) is 0 Å². The summed E-state index contributed by atoms with van der Waals surface area (Å²) in [5, 5.41) is 3.44. The Labute approximate surface area is 124 Å². The smallest absolute Gasteiger partial charge is 0.233 e. The van der Waals surface area contributed by atoms with Crippen LogP contribution < -0.4 is 10.2 Å². The predicted octanol–water partition coefficient (Wildman–Crippen LogP) is 2.15. The van der Waals surface area contributed by atoms with Gasteiger partial charge in [-0.15, -0.1) is 0 Å². The van der Waals surface area contributed by atoms with E-state index in [1.807, 2.05) is 41.3 Å². The first-order valence-electron chi connectivity index (χ1n) is 7.25. The zero-order valence-corrected chi connectivity index (χ0v) is 12.1. The highest BCUT2D eigenvalue weighted by atomic mass is 16.2. The Kier molecular flexibility index (Phi) is 3.97. The number of nitrogens with one attached hydrogen (secondary N) is 1. The van der Waals surface area contributed by atoms with Crippen LogP contribution in [0, 0.1) is 0 Å². The summed E-state index contributed by atoms with van der Waals surface area (Å²) in [5.41, 5.74) is 2.98. The summed E-state index contributed by atoms with van der Waals surface area (Å²) in [5.74, 6) is 0.0942. The molecule has 1 N–H and O–H groups in total. The minimum absolute atomic E-state index is 0.0942. The summed E-state index contributed by atoms with van der Waals surface area (Å²) in [7, 11) is 0. The van der Waals surface area contributed by atoms with E-state index in [4.69, 9.17) is 0 Å².